The lowest BCUT2D eigenvalue weighted by molar-refractivity contribution is 0.0978. The Kier molecular flexibility index (Phi) is 10.8. The van der Waals surface area contributed by atoms with Gasteiger partial charge in [-0.2, -0.15) is 0 Å². The van der Waals surface area contributed by atoms with Crippen LogP contribution < -0.4 is 0 Å². The summed E-state index contributed by atoms with van der Waals surface area (Å²) in [5, 5.41) is -0.257. The summed E-state index contributed by atoms with van der Waals surface area (Å²) >= 11 is 1.56. The van der Waals surface area contributed by atoms with E-state index in [-0.39, 0.29) is 30.6 Å². The molecular formula is C31H43FN3O5P2S. The number of nitrogens with zero attached hydrogens (tertiary/aromatic N) is 3. The molecule has 0 amide bonds. The average Bonchev–Trinajstić information content (AvgIpc) is 3.32. The van der Waals surface area contributed by atoms with Crippen molar-refractivity contribution in [2.45, 2.75) is 52.9 Å². The van der Waals surface area contributed by atoms with Crippen LogP contribution in [0.2, 0.25) is 0 Å². The fraction of sp³-hybridized carbons (Fsp3) is 0.484. The van der Waals surface area contributed by atoms with Crippen molar-refractivity contribution in [3.05, 3.63) is 76.0 Å². The molecule has 0 aliphatic carbocycles. The summed E-state index contributed by atoms with van der Waals surface area (Å²) in [4.78, 5) is 31.7. The molecule has 1 aliphatic heterocycles. The Morgan fingerprint density at radius 3 is 2.30 bits per heavy atom. The largest absolute Gasteiger partial charge is 0.352 e. The molecule has 1 radical (unpaired) electrons. The normalized spacial score (nSPS) is 18.1. The van der Waals surface area contributed by atoms with Gasteiger partial charge in [-0.25, -0.2) is 9.37 Å². The van der Waals surface area contributed by atoms with Gasteiger partial charge in [0.1, 0.15) is 18.6 Å². The summed E-state index contributed by atoms with van der Waals surface area (Å²) < 4.78 is 45.0. The Morgan fingerprint density at radius 1 is 1.12 bits per heavy atom. The molecule has 2 aromatic carbocycles. The molecule has 1 saturated heterocycles. The first-order valence-corrected chi connectivity index (χ1v) is 18.7. The van der Waals surface area contributed by atoms with Crippen molar-refractivity contribution in [1.29, 1.82) is 0 Å². The second-order valence-corrected chi connectivity index (χ2v) is 18.5. The van der Waals surface area contributed by atoms with Crippen molar-refractivity contribution in [3.63, 3.8) is 0 Å². The number of aromatic nitrogens is 1. The van der Waals surface area contributed by atoms with Gasteiger partial charge in [0.15, 0.2) is 11.2 Å². The number of hydrogen-bond donors (Lipinski definition) is 1. The monoisotopic (exact) mass is 650 g/mol. The zero-order valence-corrected chi connectivity index (χ0v) is 28.6. The van der Waals surface area contributed by atoms with Gasteiger partial charge in [0, 0.05) is 30.0 Å². The van der Waals surface area contributed by atoms with E-state index in [2.05, 4.69) is 13.8 Å². The number of aryl methyl sites for hydroxylation is 2. The molecule has 3 aromatic rings. The molecule has 1 atom stereocenters. The number of carbonyl (C=O) groups is 1. The van der Waals surface area contributed by atoms with Crippen LogP contribution in [0.1, 0.15) is 66.0 Å². The molecule has 235 valence electrons. The number of thiazole rings is 1. The molecule has 0 bridgehead atoms. The maximum atomic E-state index is 15.3. The predicted molar refractivity (Wildman–Crippen MR) is 173 cm³/mol. The lowest BCUT2D eigenvalue weighted by Gasteiger charge is -2.57. The Balaban J connectivity index is 1.70. The van der Waals surface area contributed by atoms with Crippen molar-refractivity contribution in [1.82, 2.24) is 14.3 Å². The van der Waals surface area contributed by atoms with Crippen LogP contribution in [0, 0.1) is 18.2 Å². The van der Waals surface area contributed by atoms with Gasteiger partial charge in [-0.05, 0) is 64.4 Å². The highest BCUT2D eigenvalue weighted by Crippen LogP contribution is 2.84. The summed E-state index contributed by atoms with van der Waals surface area (Å²) in [7, 11) is -3.78. The first-order valence-electron chi connectivity index (χ1n) is 14.5. The lowest BCUT2D eigenvalue weighted by Crippen LogP contribution is -2.50. The molecule has 12 heteroatoms. The molecule has 0 saturated carbocycles. The lowest BCUT2D eigenvalue weighted by atomic mass is 9.93. The van der Waals surface area contributed by atoms with Crippen LogP contribution in [0.5, 0.6) is 0 Å². The third-order valence-corrected chi connectivity index (χ3v) is 15.9. The molecular weight excluding hydrogens is 607 g/mol. The standard InChI is InChI=1S/C31H43FN3O5P2S/c1-8-39-42(38,40-9-2)30(41(37)34(6)20-31(4,5)21-35(41)7)24-15-16-26(32)25(19-24)28(36)18-17-27-22(3)43-29(33-27)23-13-11-10-12-14-23/h10-16,19,30,37H,8-9,17-18,20-21H2,1-7H3. The van der Waals surface area contributed by atoms with Gasteiger partial charge in [-0.3, -0.25) is 18.7 Å². The minimum absolute atomic E-state index is 0.0474. The second kappa shape index (κ2) is 13.6. The number of ketones is 1. The maximum Gasteiger partial charge on any atom is 0.346 e. The summed E-state index contributed by atoms with van der Waals surface area (Å²) in [6.07, 6.45) is 0.404. The quantitative estimate of drug-likeness (QED) is 0.156. The SMILES string of the molecule is CCOP(=O)(OCC)C(c1ccc(F)c(C(=O)CCc2nc(-c3ccccc3)sc2C)c1)[P]1(O)N(C)CC(C)(C)CN1C. The smallest absolute Gasteiger partial charge is 0.346 e. The topological polar surface area (TPSA) is 92.2 Å². The molecule has 1 aliphatic rings. The van der Waals surface area contributed by atoms with E-state index in [1.807, 2.05) is 46.6 Å². The van der Waals surface area contributed by atoms with Crippen LogP contribution in [0.3, 0.4) is 0 Å². The third-order valence-electron chi connectivity index (χ3n) is 7.66. The number of Topliss-reactive ketones (excluding diaryl/α,β-unsaturated/α-hetero) is 1. The van der Waals surface area contributed by atoms with Gasteiger partial charge in [0.2, 0.25) is 0 Å². The number of carbonyl (C=O) groups excluding carboxylic acids is 1. The van der Waals surface area contributed by atoms with E-state index >= 15 is 4.39 Å². The number of benzene rings is 2. The first kappa shape index (κ1) is 34.0. The van der Waals surface area contributed by atoms with Gasteiger partial charge in [0.05, 0.1) is 24.5 Å². The van der Waals surface area contributed by atoms with Crippen LogP contribution in [-0.2, 0) is 20.0 Å². The molecule has 4 rings (SSSR count). The van der Waals surface area contributed by atoms with Crippen LogP contribution in [0.15, 0.2) is 48.5 Å². The van der Waals surface area contributed by atoms with Crippen molar-refractivity contribution >= 4 is 32.5 Å². The summed E-state index contributed by atoms with van der Waals surface area (Å²) in [6.45, 7) is 10.9. The Bertz CT molecular complexity index is 1460. The van der Waals surface area contributed by atoms with Crippen molar-refractivity contribution in [2.24, 2.45) is 5.41 Å². The summed E-state index contributed by atoms with van der Waals surface area (Å²) in [5.74, 6) is -1.07. The van der Waals surface area contributed by atoms with Crippen molar-refractivity contribution in [2.75, 3.05) is 40.4 Å². The van der Waals surface area contributed by atoms with E-state index in [0.717, 1.165) is 21.1 Å². The summed E-state index contributed by atoms with van der Waals surface area (Å²) in [5.41, 5.74) is 1.90. The minimum Gasteiger partial charge on any atom is -0.352 e. The van der Waals surface area contributed by atoms with Gasteiger partial charge in [-0.15, -0.1) is 11.3 Å². The van der Waals surface area contributed by atoms with E-state index in [9.17, 15) is 14.3 Å². The van der Waals surface area contributed by atoms with Crippen molar-refractivity contribution in [3.8, 4) is 10.6 Å². The molecule has 2 heterocycles. The Morgan fingerprint density at radius 2 is 1.72 bits per heavy atom. The molecule has 1 fully saturated rings. The number of halogens is 1. The fourth-order valence-electron chi connectivity index (χ4n) is 5.89. The minimum atomic E-state index is -3.99. The highest BCUT2D eigenvalue weighted by Gasteiger charge is 2.57. The highest BCUT2D eigenvalue weighted by molar-refractivity contribution is 7.78. The predicted octanol–water partition coefficient (Wildman–Crippen LogP) is 8.00. The molecule has 1 N–H and O–H groups in total. The number of hydrogen-bond acceptors (Lipinski definition) is 9. The van der Waals surface area contributed by atoms with E-state index in [1.165, 1.54) is 18.2 Å². The number of rotatable bonds is 12. The van der Waals surface area contributed by atoms with E-state index in [4.69, 9.17) is 14.0 Å². The van der Waals surface area contributed by atoms with Crippen LogP contribution in [0.25, 0.3) is 10.6 Å². The van der Waals surface area contributed by atoms with Crippen LogP contribution in [-0.4, -0.2) is 65.4 Å². The van der Waals surface area contributed by atoms with Gasteiger partial charge in [0.25, 0.3) is 0 Å². The third kappa shape index (κ3) is 7.18. The highest BCUT2D eigenvalue weighted by atomic mass is 32.1. The average molecular weight is 651 g/mol. The van der Waals surface area contributed by atoms with Gasteiger partial charge in [-0.1, -0.05) is 50.2 Å². The fourth-order valence-corrected chi connectivity index (χ4v) is 14.4. The molecule has 0 spiro atoms. The Labute approximate surface area is 259 Å². The van der Waals surface area contributed by atoms with E-state index in [0.29, 0.717) is 25.1 Å². The first-order chi connectivity index (χ1) is 20.3. The molecule has 1 unspecified atom stereocenters. The zero-order valence-electron chi connectivity index (χ0n) is 26.0. The van der Waals surface area contributed by atoms with E-state index < -0.39 is 32.4 Å². The molecule has 8 nitrogen and oxygen atoms in total. The van der Waals surface area contributed by atoms with Gasteiger partial charge < -0.3 is 13.9 Å². The maximum absolute atomic E-state index is 15.3. The van der Waals surface area contributed by atoms with Crippen LogP contribution >= 0.6 is 26.7 Å². The summed E-state index contributed by atoms with van der Waals surface area (Å²) in [6, 6.07) is 14.0. The second-order valence-electron chi connectivity index (χ2n) is 11.7. The zero-order chi connectivity index (χ0) is 31.6. The Hall–Kier alpha value is -1.87. The van der Waals surface area contributed by atoms with Crippen molar-refractivity contribution < 1.29 is 27.7 Å². The van der Waals surface area contributed by atoms with Crippen LogP contribution in [0.4, 0.5) is 4.39 Å². The molecule has 43 heavy (non-hydrogen) atoms. The molecule has 1 aromatic heterocycles. The van der Waals surface area contributed by atoms with Gasteiger partial charge >= 0.3 is 7.60 Å². The van der Waals surface area contributed by atoms with E-state index in [1.54, 1.807) is 39.3 Å².